The largest absolute Gasteiger partial charge is 0.394 e. The van der Waals surface area contributed by atoms with E-state index in [1.54, 1.807) is 0 Å². The number of ether oxygens (including phenoxy) is 1. The summed E-state index contributed by atoms with van der Waals surface area (Å²) in [5.74, 6) is 0. The molecule has 6 heteroatoms. The zero-order valence-electron chi connectivity index (χ0n) is 11.3. The number of fused-ring (bicyclic) bond motifs is 1. The Hall–Kier alpha value is -1.05. The number of pyridine rings is 1. The molecule has 2 heterocycles. The van der Waals surface area contributed by atoms with Crippen LogP contribution in [-0.2, 0) is 4.74 Å². The number of hydrogen-bond donors (Lipinski definition) is 3. The first kappa shape index (κ1) is 14.9. The molecule has 1 aromatic heterocycles. The van der Waals surface area contributed by atoms with Crippen LogP contribution in [0.3, 0.4) is 0 Å². The number of nitrogens with zero attached hydrogens (tertiary/aromatic N) is 1. The van der Waals surface area contributed by atoms with E-state index >= 15 is 0 Å². The first-order valence-electron chi connectivity index (χ1n) is 6.81. The summed E-state index contributed by atoms with van der Waals surface area (Å²) in [6.07, 6.45) is 0.898. The summed E-state index contributed by atoms with van der Waals surface area (Å²) in [7, 11) is 0. The lowest BCUT2D eigenvalue weighted by atomic mass is 10.0. The average molecular weight is 355 g/mol. The highest BCUT2D eigenvalue weighted by atomic mass is 79.9. The molecule has 0 bridgehead atoms. The zero-order chi connectivity index (χ0) is 15.0. The van der Waals surface area contributed by atoms with Gasteiger partial charge in [-0.05, 0) is 22.0 Å². The van der Waals surface area contributed by atoms with Crippen LogP contribution in [0.15, 0.2) is 41.1 Å². The number of benzene rings is 1. The molecule has 0 saturated carbocycles. The Bertz CT molecular complexity index is 651. The molecule has 0 spiro atoms. The highest BCUT2D eigenvalue weighted by Crippen LogP contribution is 2.26. The molecule has 112 valence electrons. The lowest BCUT2D eigenvalue weighted by molar-refractivity contribution is -0.769. The van der Waals surface area contributed by atoms with E-state index in [2.05, 4.69) is 15.9 Å². The van der Waals surface area contributed by atoms with E-state index in [0.717, 1.165) is 15.2 Å². The van der Waals surface area contributed by atoms with Crippen LogP contribution in [0.1, 0.15) is 12.6 Å². The quantitative estimate of drug-likeness (QED) is 0.700. The molecule has 1 aliphatic heterocycles. The lowest BCUT2D eigenvalue weighted by Gasteiger charge is -2.33. The topological polar surface area (TPSA) is 73.8 Å². The van der Waals surface area contributed by atoms with Gasteiger partial charge in [-0.25, -0.2) is 0 Å². The van der Waals surface area contributed by atoms with Crippen molar-refractivity contribution in [2.45, 2.75) is 31.0 Å². The Kier molecular flexibility index (Phi) is 4.24. The summed E-state index contributed by atoms with van der Waals surface area (Å²) in [6.45, 7) is -0.329. The molecule has 0 aliphatic carbocycles. The van der Waals surface area contributed by atoms with Gasteiger partial charge in [0.1, 0.15) is 12.2 Å². The van der Waals surface area contributed by atoms with Crippen molar-refractivity contribution in [2.24, 2.45) is 0 Å². The van der Waals surface area contributed by atoms with Gasteiger partial charge in [0.25, 0.3) is 6.23 Å². The van der Waals surface area contributed by atoms with E-state index in [4.69, 9.17) is 4.74 Å². The van der Waals surface area contributed by atoms with Crippen molar-refractivity contribution in [1.29, 1.82) is 0 Å². The van der Waals surface area contributed by atoms with Crippen LogP contribution >= 0.6 is 15.9 Å². The number of halogens is 1. The third-order valence-corrected chi connectivity index (χ3v) is 4.46. The highest BCUT2D eigenvalue weighted by molar-refractivity contribution is 9.10. The molecule has 5 nitrogen and oxygen atoms in total. The molecule has 1 aliphatic rings. The zero-order valence-corrected chi connectivity index (χ0v) is 12.8. The lowest BCUT2D eigenvalue weighted by Crippen LogP contribution is -2.54. The molecule has 4 atom stereocenters. The minimum absolute atomic E-state index is 0.271. The van der Waals surface area contributed by atoms with Crippen LogP contribution < -0.4 is 4.57 Å². The summed E-state index contributed by atoms with van der Waals surface area (Å²) in [5.41, 5.74) is 0. The Labute approximate surface area is 130 Å². The SMILES string of the molecule is OC[C@H]1O[C@@H]([n+]2cc(Br)c3ccccc3c2)C[C@@H](O)[C@@H]1O. The summed E-state index contributed by atoms with van der Waals surface area (Å²) < 4.78 is 8.46. The van der Waals surface area contributed by atoms with Gasteiger partial charge in [0.15, 0.2) is 12.4 Å². The predicted octanol–water partition coefficient (Wildman–Crippen LogP) is 0.891. The van der Waals surface area contributed by atoms with Crippen LogP contribution in [0.4, 0.5) is 0 Å². The molecule has 0 unspecified atom stereocenters. The molecule has 21 heavy (non-hydrogen) atoms. The molecular weight excluding hydrogens is 338 g/mol. The van der Waals surface area contributed by atoms with E-state index in [1.165, 1.54) is 0 Å². The van der Waals surface area contributed by atoms with Crippen LogP contribution in [0.2, 0.25) is 0 Å². The maximum atomic E-state index is 9.93. The third-order valence-electron chi connectivity index (χ3n) is 3.83. The van der Waals surface area contributed by atoms with Crippen molar-refractivity contribution in [2.75, 3.05) is 6.61 Å². The number of aliphatic hydroxyl groups is 3. The maximum absolute atomic E-state index is 9.93. The van der Waals surface area contributed by atoms with Crippen molar-refractivity contribution in [3.8, 4) is 0 Å². The van der Waals surface area contributed by atoms with Crippen LogP contribution in [0, 0.1) is 0 Å². The van der Waals surface area contributed by atoms with Gasteiger partial charge in [0.05, 0.1) is 23.6 Å². The second-order valence-electron chi connectivity index (χ2n) is 5.25. The second kappa shape index (κ2) is 5.98. The van der Waals surface area contributed by atoms with Gasteiger partial charge in [-0.2, -0.15) is 4.57 Å². The number of rotatable bonds is 2. The van der Waals surface area contributed by atoms with Gasteiger partial charge in [0, 0.05) is 10.8 Å². The smallest absolute Gasteiger partial charge is 0.265 e. The fourth-order valence-corrected chi connectivity index (χ4v) is 3.26. The van der Waals surface area contributed by atoms with Gasteiger partial charge in [-0.3, -0.25) is 0 Å². The molecule has 0 radical (unpaired) electrons. The standard InChI is InChI=1S/C15H17BrNO4/c16-11-7-17(6-9-3-1-2-4-10(9)11)14-5-12(19)15(20)13(8-18)21-14/h1-4,6-7,12-15,18-20H,5,8H2/q+1/t12-,13-,14-,15+/m1/s1. The van der Waals surface area contributed by atoms with Crippen molar-refractivity contribution >= 4 is 26.7 Å². The maximum Gasteiger partial charge on any atom is 0.265 e. The summed E-state index contributed by atoms with van der Waals surface area (Å²) in [6, 6.07) is 7.93. The molecule has 3 N–H and O–H groups in total. The van der Waals surface area contributed by atoms with Gasteiger partial charge < -0.3 is 20.1 Å². The van der Waals surface area contributed by atoms with E-state index in [-0.39, 0.29) is 13.0 Å². The van der Waals surface area contributed by atoms with Crippen LogP contribution in [0.25, 0.3) is 10.8 Å². The Morgan fingerprint density at radius 2 is 2.00 bits per heavy atom. The monoisotopic (exact) mass is 354 g/mol. The van der Waals surface area contributed by atoms with Crippen LogP contribution in [0.5, 0.6) is 0 Å². The van der Waals surface area contributed by atoms with Gasteiger partial charge >= 0.3 is 0 Å². The van der Waals surface area contributed by atoms with Crippen molar-refractivity contribution in [3.05, 3.63) is 41.1 Å². The molecule has 2 aromatic rings. The van der Waals surface area contributed by atoms with Gasteiger partial charge in [-0.1, -0.05) is 18.2 Å². The summed E-state index contributed by atoms with van der Waals surface area (Å²) >= 11 is 3.54. The number of aliphatic hydroxyl groups excluding tert-OH is 3. The Balaban J connectivity index is 1.96. The van der Waals surface area contributed by atoms with Crippen molar-refractivity contribution in [1.82, 2.24) is 0 Å². The van der Waals surface area contributed by atoms with Crippen LogP contribution in [-0.4, -0.2) is 40.2 Å². The molecule has 1 fully saturated rings. The second-order valence-corrected chi connectivity index (χ2v) is 6.10. The molecular formula is C15H17BrNO4+. The Morgan fingerprint density at radius 1 is 1.24 bits per heavy atom. The fourth-order valence-electron chi connectivity index (χ4n) is 2.67. The number of aromatic nitrogens is 1. The minimum atomic E-state index is -1.06. The molecule has 1 aromatic carbocycles. The van der Waals surface area contributed by atoms with Gasteiger partial charge in [-0.15, -0.1) is 0 Å². The highest BCUT2D eigenvalue weighted by Gasteiger charge is 2.40. The molecule has 3 rings (SSSR count). The molecule has 1 saturated heterocycles. The van der Waals surface area contributed by atoms with Gasteiger partial charge in [0.2, 0.25) is 0 Å². The van der Waals surface area contributed by atoms with Crippen molar-refractivity contribution < 1.29 is 24.6 Å². The Morgan fingerprint density at radius 3 is 2.76 bits per heavy atom. The number of hydrogen-bond acceptors (Lipinski definition) is 4. The summed E-state index contributed by atoms with van der Waals surface area (Å²) in [5, 5.41) is 31.1. The normalized spacial score (nSPS) is 29.7. The summed E-state index contributed by atoms with van der Waals surface area (Å²) in [4.78, 5) is 0. The van der Waals surface area contributed by atoms with Crippen molar-refractivity contribution in [3.63, 3.8) is 0 Å². The van der Waals surface area contributed by atoms with E-state index < -0.39 is 24.5 Å². The first-order chi connectivity index (χ1) is 10.1. The van der Waals surface area contributed by atoms with E-state index in [0.29, 0.717) is 0 Å². The minimum Gasteiger partial charge on any atom is -0.394 e. The third kappa shape index (κ3) is 2.82. The predicted molar refractivity (Wildman–Crippen MR) is 79.5 cm³/mol. The first-order valence-corrected chi connectivity index (χ1v) is 7.61. The van der Waals surface area contributed by atoms with E-state index in [9.17, 15) is 15.3 Å². The average Bonchev–Trinajstić information content (AvgIpc) is 2.50. The fraction of sp³-hybridized carbons (Fsp3) is 0.400. The van der Waals surface area contributed by atoms with E-state index in [1.807, 2.05) is 41.2 Å². The molecule has 0 amide bonds.